The highest BCUT2D eigenvalue weighted by Gasteiger charge is 2.01. The van der Waals surface area contributed by atoms with E-state index < -0.39 is 0 Å². The fraction of sp³-hybridized carbons (Fsp3) is 0.200. The van der Waals surface area contributed by atoms with Crippen LogP contribution in [0.5, 0.6) is 0 Å². The number of nitrogens with zero attached hydrogens (tertiary/aromatic N) is 2. The molecule has 2 rings (SSSR count). The quantitative estimate of drug-likeness (QED) is 0.677. The van der Waals surface area contributed by atoms with Crippen LogP contribution in [-0.2, 0) is 6.42 Å². The summed E-state index contributed by atoms with van der Waals surface area (Å²) in [5.41, 5.74) is 6.81. The normalized spacial score (nSPS) is 10.3. The lowest BCUT2D eigenvalue weighted by atomic mass is 10.2. The van der Waals surface area contributed by atoms with Gasteiger partial charge in [-0.05, 0) is 18.2 Å². The average molecular weight is 221 g/mol. The second kappa shape index (κ2) is 4.61. The number of aromatic amines is 1. The number of nitrogens with two attached hydrogens (primary N) is 1. The van der Waals surface area contributed by atoms with Gasteiger partial charge in [-0.15, -0.1) is 0 Å². The zero-order chi connectivity index (χ0) is 11.4. The third-order valence-corrected chi connectivity index (χ3v) is 2.16. The lowest BCUT2D eigenvalue weighted by Gasteiger charge is -2.08. The van der Waals surface area contributed by atoms with Crippen LogP contribution in [0.4, 0.5) is 15.8 Å². The Morgan fingerprint density at radius 1 is 1.44 bits per heavy atom. The Hall–Kier alpha value is -2.11. The fourth-order valence-corrected chi connectivity index (χ4v) is 1.35. The van der Waals surface area contributed by atoms with Crippen LogP contribution in [0, 0.1) is 5.82 Å². The SMILES string of the molecule is Nc1ccc(F)cc1NCCc1ncn[nH]1. The third-order valence-electron chi connectivity index (χ3n) is 2.16. The predicted octanol–water partition coefficient (Wildman–Crippen LogP) is 1.18. The van der Waals surface area contributed by atoms with Crippen molar-refractivity contribution >= 4 is 11.4 Å². The molecular formula is C10H12FN5. The molecule has 16 heavy (non-hydrogen) atoms. The van der Waals surface area contributed by atoms with E-state index >= 15 is 0 Å². The average Bonchev–Trinajstić information content (AvgIpc) is 2.76. The van der Waals surface area contributed by atoms with Gasteiger partial charge in [0.15, 0.2) is 0 Å². The number of nitrogens with one attached hydrogen (secondary N) is 2. The van der Waals surface area contributed by atoms with E-state index in [2.05, 4.69) is 20.5 Å². The first-order valence-corrected chi connectivity index (χ1v) is 4.89. The molecule has 0 saturated carbocycles. The zero-order valence-electron chi connectivity index (χ0n) is 8.57. The van der Waals surface area contributed by atoms with Crippen molar-refractivity contribution in [3.05, 3.63) is 36.2 Å². The summed E-state index contributed by atoms with van der Waals surface area (Å²) in [7, 11) is 0. The van der Waals surface area contributed by atoms with Crippen LogP contribution in [0.2, 0.25) is 0 Å². The zero-order valence-corrected chi connectivity index (χ0v) is 8.57. The summed E-state index contributed by atoms with van der Waals surface area (Å²) in [6.07, 6.45) is 2.13. The summed E-state index contributed by atoms with van der Waals surface area (Å²) in [4.78, 5) is 3.98. The van der Waals surface area contributed by atoms with Gasteiger partial charge in [-0.3, -0.25) is 5.10 Å². The van der Waals surface area contributed by atoms with Crippen LogP contribution >= 0.6 is 0 Å². The molecule has 4 N–H and O–H groups in total. The van der Waals surface area contributed by atoms with E-state index in [9.17, 15) is 4.39 Å². The molecule has 0 aliphatic carbocycles. The highest BCUT2D eigenvalue weighted by molar-refractivity contribution is 5.65. The van der Waals surface area contributed by atoms with E-state index in [0.29, 0.717) is 24.3 Å². The second-order valence-electron chi connectivity index (χ2n) is 3.34. The van der Waals surface area contributed by atoms with E-state index in [0.717, 1.165) is 5.82 Å². The molecule has 2 aromatic rings. The Labute approximate surface area is 91.9 Å². The summed E-state index contributed by atoms with van der Waals surface area (Å²) < 4.78 is 12.9. The molecule has 0 radical (unpaired) electrons. The van der Waals surface area contributed by atoms with E-state index in [1.54, 1.807) is 0 Å². The second-order valence-corrected chi connectivity index (χ2v) is 3.34. The topological polar surface area (TPSA) is 79.6 Å². The number of H-pyrrole nitrogens is 1. The number of benzene rings is 1. The number of anilines is 2. The molecule has 0 aliphatic heterocycles. The highest BCUT2D eigenvalue weighted by atomic mass is 19.1. The predicted molar refractivity (Wildman–Crippen MR) is 59.4 cm³/mol. The largest absolute Gasteiger partial charge is 0.397 e. The van der Waals surface area contributed by atoms with Crippen molar-refractivity contribution in [3.63, 3.8) is 0 Å². The van der Waals surface area contributed by atoms with Gasteiger partial charge < -0.3 is 11.1 Å². The van der Waals surface area contributed by atoms with Gasteiger partial charge in [-0.2, -0.15) is 5.10 Å². The molecule has 0 atom stereocenters. The minimum Gasteiger partial charge on any atom is -0.397 e. The van der Waals surface area contributed by atoms with Gasteiger partial charge in [-0.1, -0.05) is 0 Å². The number of hydrogen-bond acceptors (Lipinski definition) is 4. The van der Waals surface area contributed by atoms with E-state index in [1.807, 2.05) is 0 Å². The molecule has 6 heteroatoms. The molecular weight excluding hydrogens is 209 g/mol. The van der Waals surface area contributed by atoms with E-state index in [-0.39, 0.29) is 5.82 Å². The smallest absolute Gasteiger partial charge is 0.137 e. The molecule has 0 saturated heterocycles. The molecule has 0 fully saturated rings. The molecule has 1 heterocycles. The van der Waals surface area contributed by atoms with Gasteiger partial charge >= 0.3 is 0 Å². The first-order valence-electron chi connectivity index (χ1n) is 4.89. The lowest BCUT2D eigenvalue weighted by Crippen LogP contribution is -2.08. The summed E-state index contributed by atoms with van der Waals surface area (Å²) >= 11 is 0. The summed E-state index contributed by atoms with van der Waals surface area (Å²) in [6.45, 7) is 0.614. The van der Waals surface area contributed by atoms with Crippen LogP contribution in [0.3, 0.4) is 0 Å². The van der Waals surface area contributed by atoms with Gasteiger partial charge in [0.1, 0.15) is 18.0 Å². The summed E-state index contributed by atoms with van der Waals surface area (Å²) in [5, 5.41) is 9.51. The van der Waals surface area contributed by atoms with Crippen LogP contribution in [0.25, 0.3) is 0 Å². The maximum atomic E-state index is 12.9. The van der Waals surface area contributed by atoms with Crippen molar-refractivity contribution in [2.45, 2.75) is 6.42 Å². The van der Waals surface area contributed by atoms with Crippen LogP contribution in [-0.4, -0.2) is 21.7 Å². The molecule has 0 aliphatic rings. The van der Waals surface area contributed by atoms with Gasteiger partial charge in [0, 0.05) is 13.0 Å². The Morgan fingerprint density at radius 3 is 3.06 bits per heavy atom. The molecule has 1 aromatic carbocycles. The number of hydrogen-bond donors (Lipinski definition) is 3. The van der Waals surface area contributed by atoms with E-state index in [4.69, 9.17) is 5.73 Å². The summed E-state index contributed by atoms with van der Waals surface area (Å²) in [6, 6.07) is 4.23. The van der Waals surface area contributed by atoms with Crippen molar-refractivity contribution < 1.29 is 4.39 Å². The minimum absolute atomic E-state index is 0.309. The molecule has 1 aromatic heterocycles. The molecule has 0 unspecified atom stereocenters. The molecule has 0 spiro atoms. The molecule has 0 bridgehead atoms. The Morgan fingerprint density at radius 2 is 2.31 bits per heavy atom. The Bertz CT molecular complexity index is 454. The van der Waals surface area contributed by atoms with Crippen molar-refractivity contribution in [3.8, 4) is 0 Å². The molecule has 5 nitrogen and oxygen atoms in total. The number of aromatic nitrogens is 3. The van der Waals surface area contributed by atoms with Crippen molar-refractivity contribution in [2.75, 3.05) is 17.6 Å². The monoisotopic (exact) mass is 221 g/mol. The van der Waals surface area contributed by atoms with Crippen molar-refractivity contribution in [1.82, 2.24) is 15.2 Å². The number of nitrogen functional groups attached to an aromatic ring is 1. The lowest BCUT2D eigenvalue weighted by molar-refractivity contribution is 0.628. The number of halogens is 1. The van der Waals surface area contributed by atoms with Gasteiger partial charge in [0.25, 0.3) is 0 Å². The first kappa shape index (κ1) is 10.4. The minimum atomic E-state index is -0.309. The van der Waals surface area contributed by atoms with Gasteiger partial charge in [-0.25, -0.2) is 9.37 Å². The molecule has 0 amide bonds. The van der Waals surface area contributed by atoms with Gasteiger partial charge in [0.2, 0.25) is 0 Å². The van der Waals surface area contributed by atoms with Crippen molar-refractivity contribution in [1.29, 1.82) is 0 Å². The number of rotatable bonds is 4. The third kappa shape index (κ3) is 2.47. The maximum absolute atomic E-state index is 12.9. The fourth-order valence-electron chi connectivity index (χ4n) is 1.35. The van der Waals surface area contributed by atoms with E-state index in [1.165, 1.54) is 24.5 Å². The standard InChI is InChI=1S/C10H12FN5/c11-7-1-2-8(12)9(5-7)13-4-3-10-14-6-15-16-10/h1-2,5-6,13H,3-4,12H2,(H,14,15,16). The van der Waals surface area contributed by atoms with Crippen LogP contribution < -0.4 is 11.1 Å². The molecule has 84 valence electrons. The Kier molecular flexibility index (Phi) is 3.00. The van der Waals surface area contributed by atoms with Crippen LogP contribution in [0.15, 0.2) is 24.5 Å². The summed E-state index contributed by atoms with van der Waals surface area (Å²) in [5.74, 6) is 0.471. The maximum Gasteiger partial charge on any atom is 0.137 e. The first-order chi connectivity index (χ1) is 7.75. The Balaban J connectivity index is 1.92. The highest BCUT2D eigenvalue weighted by Crippen LogP contribution is 2.18. The van der Waals surface area contributed by atoms with Crippen LogP contribution in [0.1, 0.15) is 5.82 Å². The van der Waals surface area contributed by atoms with Crippen molar-refractivity contribution in [2.24, 2.45) is 0 Å². The van der Waals surface area contributed by atoms with Gasteiger partial charge in [0.05, 0.1) is 11.4 Å².